The molecule has 0 N–H and O–H groups in total. The third-order valence-corrected chi connectivity index (χ3v) is 7.98. The zero-order chi connectivity index (χ0) is 28.5. The normalized spacial score (nSPS) is 13.1. The lowest BCUT2D eigenvalue weighted by molar-refractivity contribution is -0.143. The number of ether oxygens (including phenoxy) is 1. The van der Waals surface area contributed by atoms with Crippen molar-refractivity contribution in [3.8, 4) is 0 Å². The molecule has 222 valence electrons. The smallest absolute Gasteiger partial charge is 0.305 e. The van der Waals surface area contributed by atoms with E-state index in [1.54, 1.807) is 0 Å². The van der Waals surface area contributed by atoms with Crippen LogP contribution in [0.5, 0.6) is 0 Å². The quantitative estimate of drug-likeness (QED) is 0.0600. The summed E-state index contributed by atoms with van der Waals surface area (Å²) in [6.45, 7) is 6.64. The van der Waals surface area contributed by atoms with Crippen molar-refractivity contribution < 1.29 is 9.53 Å². The molecule has 0 aliphatic carbocycles. The maximum atomic E-state index is 12.2. The van der Waals surface area contributed by atoms with Crippen LogP contribution in [0.25, 0.3) is 11.0 Å². The fourth-order valence-corrected chi connectivity index (χ4v) is 5.88. The largest absolute Gasteiger partial charge is 0.466 e. The molecule has 2 atom stereocenters. The molecule has 5 nitrogen and oxygen atoms in total. The highest BCUT2D eigenvalue weighted by Gasteiger charge is 2.19. The number of anilines is 1. The van der Waals surface area contributed by atoms with E-state index in [-0.39, 0.29) is 17.0 Å². The summed E-state index contributed by atoms with van der Waals surface area (Å²) in [4.78, 5) is 19.0. The highest BCUT2D eigenvalue weighted by atomic mass is 35.5. The first kappa shape index (κ1) is 33.7. The van der Waals surface area contributed by atoms with Crippen LogP contribution in [0.4, 0.5) is 5.69 Å². The van der Waals surface area contributed by atoms with Crippen LogP contribution in [0.1, 0.15) is 129 Å². The SMILES string of the molecule is CCCCCCCCCCCCCCCCOC(=O)CCCc1nc2cc(N(C(C)Cl)C(C)Cl)ccc2n1C. The van der Waals surface area contributed by atoms with Crippen molar-refractivity contribution >= 4 is 45.9 Å². The number of fused-ring (bicyclic) bond motifs is 1. The Morgan fingerprint density at radius 1 is 0.872 bits per heavy atom. The minimum Gasteiger partial charge on any atom is -0.466 e. The summed E-state index contributed by atoms with van der Waals surface area (Å²) in [5.41, 5.74) is 2.45. The van der Waals surface area contributed by atoms with Gasteiger partial charge < -0.3 is 14.2 Å². The lowest BCUT2D eigenvalue weighted by atomic mass is 10.0. The minimum absolute atomic E-state index is 0.103. The van der Waals surface area contributed by atoms with Gasteiger partial charge in [-0.25, -0.2) is 4.98 Å². The molecule has 0 aliphatic rings. The van der Waals surface area contributed by atoms with Gasteiger partial charge in [0.1, 0.15) is 16.8 Å². The van der Waals surface area contributed by atoms with Crippen molar-refractivity contribution in [3.63, 3.8) is 0 Å². The summed E-state index contributed by atoms with van der Waals surface area (Å²) in [6.07, 6.45) is 20.4. The van der Waals surface area contributed by atoms with Crippen LogP contribution in [-0.4, -0.2) is 33.1 Å². The molecule has 1 heterocycles. The van der Waals surface area contributed by atoms with Gasteiger partial charge in [-0.3, -0.25) is 4.79 Å². The number of rotatable bonds is 22. The average molecular weight is 583 g/mol. The van der Waals surface area contributed by atoms with Gasteiger partial charge in [0.15, 0.2) is 0 Å². The van der Waals surface area contributed by atoms with Crippen molar-refractivity contribution in [1.82, 2.24) is 9.55 Å². The van der Waals surface area contributed by atoms with Crippen molar-refractivity contribution in [2.75, 3.05) is 11.5 Å². The number of alkyl halides is 2. The number of unbranched alkanes of at least 4 members (excludes halogenated alkanes) is 13. The summed E-state index contributed by atoms with van der Waals surface area (Å²) in [5.74, 6) is 0.861. The molecule has 0 radical (unpaired) electrons. The number of hydrogen-bond donors (Lipinski definition) is 0. The van der Waals surface area contributed by atoms with E-state index in [0.717, 1.165) is 48.2 Å². The summed E-state index contributed by atoms with van der Waals surface area (Å²) in [5, 5.41) is 0. The predicted octanol–water partition coefficient (Wildman–Crippen LogP) is 9.90. The van der Waals surface area contributed by atoms with Gasteiger partial charge in [0.25, 0.3) is 0 Å². The number of carbonyl (C=O) groups excluding carboxylic acids is 1. The van der Waals surface area contributed by atoms with Crippen molar-refractivity contribution in [1.29, 1.82) is 0 Å². The molecule has 2 unspecified atom stereocenters. The molecule has 0 saturated carbocycles. The van der Waals surface area contributed by atoms with Gasteiger partial charge in [0, 0.05) is 25.6 Å². The Labute approximate surface area is 248 Å². The first-order chi connectivity index (χ1) is 18.8. The number of benzene rings is 1. The molecule has 1 aromatic carbocycles. The second-order valence-corrected chi connectivity index (χ2v) is 12.2. The van der Waals surface area contributed by atoms with Crippen LogP contribution < -0.4 is 4.90 Å². The zero-order valence-corrected chi connectivity index (χ0v) is 26.5. The third-order valence-electron chi connectivity index (χ3n) is 7.56. The number of imidazole rings is 1. The molecule has 2 rings (SSSR count). The molecule has 2 aromatic rings. The van der Waals surface area contributed by atoms with Gasteiger partial charge in [0.2, 0.25) is 0 Å². The predicted molar refractivity (Wildman–Crippen MR) is 168 cm³/mol. The van der Waals surface area contributed by atoms with Gasteiger partial charge in [-0.1, -0.05) is 114 Å². The van der Waals surface area contributed by atoms with E-state index in [1.165, 1.54) is 77.0 Å². The Kier molecular flexibility index (Phi) is 16.9. The highest BCUT2D eigenvalue weighted by Crippen LogP contribution is 2.28. The standard InChI is InChI=1S/C32H53Cl2N3O2/c1-5-6-7-8-9-10-11-12-13-14-15-16-17-18-24-39-32(38)21-19-20-31-35-29-25-28(22-23-30(29)36(31)4)37(26(2)33)27(3)34/h22-23,25-27H,5-21,24H2,1-4H3. The van der Waals surface area contributed by atoms with Crippen LogP contribution in [0, 0.1) is 0 Å². The second kappa shape index (κ2) is 19.6. The summed E-state index contributed by atoms with van der Waals surface area (Å²) < 4.78 is 7.56. The molecule has 39 heavy (non-hydrogen) atoms. The van der Waals surface area contributed by atoms with Crippen molar-refractivity contribution in [2.24, 2.45) is 7.05 Å². The number of nitrogens with zero attached hydrogens (tertiary/aromatic N) is 3. The average Bonchev–Trinajstić information content (AvgIpc) is 3.20. The number of aryl methyl sites for hydroxylation is 2. The monoisotopic (exact) mass is 581 g/mol. The lowest BCUT2D eigenvalue weighted by Crippen LogP contribution is -2.34. The van der Waals surface area contributed by atoms with E-state index in [9.17, 15) is 4.79 Å². The second-order valence-electron chi connectivity index (χ2n) is 11.0. The topological polar surface area (TPSA) is 47.4 Å². The number of hydrogen-bond acceptors (Lipinski definition) is 4. The van der Waals surface area contributed by atoms with Gasteiger partial charge in [-0.05, 0) is 44.9 Å². The molecule has 0 saturated heterocycles. The third kappa shape index (κ3) is 12.7. The van der Waals surface area contributed by atoms with Crippen LogP contribution in [0.2, 0.25) is 0 Å². The fraction of sp³-hybridized carbons (Fsp3) is 0.750. The molecule has 1 aromatic heterocycles. The molecular weight excluding hydrogens is 529 g/mol. The van der Waals surface area contributed by atoms with Crippen molar-refractivity contribution in [3.05, 3.63) is 24.0 Å². The zero-order valence-electron chi connectivity index (χ0n) is 25.0. The van der Waals surface area contributed by atoms with E-state index >= 15 is 0 Å². The molecular formula is C32H53Cl2N3O2. The summed E-state index contributed by atoms with van der Waals surface area (Å²) >= 11 is 12.7. The van der Waals surface area contributed by atoms with E-state index in [0.29, 0.717) is 13.0 Å². The molecule has 0 spiro atoms. The Morgan fingerprint density at radius 3 is 1.95 bits per heavy atom. The van der Waals surface area contributed by atoms with Crippen LogP contribution in [-0.2, 0) is 23.0 Å². The van der Waals surface area contributed by atoms with Gasteiger partial charge >= 0.3 is 5.97 Å². The summed E-state index contributed by atoms with van der Waals surface area (Å²) in [7, 11) is 2.02. The highest BCUT2D eigenvalue weighted by molar-refractivity contribution is 6.25. The number of carbonyl (C=O) groups is 1. The molecule has 0 bridgehead atoms. The van der Waals surface area contributed by atoms with Crippen LogP contribution in [0.3, 0.4) is 0 Å². The van der Waals surface area contributed by atoms with Gasteiger partial charge in [-0.15, -0.1) is 0 Å². The Morgan fingerprint density at radius 2 is 1.41 bits per heavy atom. The van der Waals surface area contributed by atoms with E-state index in [1.807, 2.05) is 37.9 Å². The van der Waals surface area contributed by atoms with Gasteiger partial charge in [0.05, 0.1) is 17.6 Å². The minimum atomic E-state index is -0.228. The summed E-state index contributed by atoms with van der Waals surface area (Å²) in [6, 6.07) is 6.11. The molecule has 0 fully saturated rings. The number of halogens is 2. The molecule has 0 aliphatic heterocycles. The number of esters is 1. The van der Waals surface area contributed by atoms with Crippen LogP contribution >= 0.6 is 23.2 Å². The van der Waals surface area contributed by atoms with E-state index in [2.05, 4.69) is 17.6 Å². The van der Waals surface area contributed by atoms with Crippen molar-refractivity contribution in [2.45, 2.75) is 141 Å². The fourth-order valence-electron chi connectivity index (χ4n) is 5.26. The Balaban J connectivity index is 1.55. The van der Waals surface area contributed by atoms with Crippen LogP contribution in [0.15, 0.2) is 18.2 Å². The van der Waals surface area contributed by atoms with E-state index < -0.39 is 0 Å². The maximum absolute atomic E-state index is 12.2. The Bertz CT molecular complexity index is 937. The first-order valence-corrected chi connectivity index (χ1v) is 16.4. The maximum Gasteiger partial charge on any atom is 0.305 e. The number of aromatic nitrogens is 2. The van der Waals surface area contributed by atoms with E-state index in [4.69, 9.17) is 32.9 Å². The first-order valence-electron chi connectivity index (χ1n) is 15.5. The lowest BCUT2D eigenvalue weighted by Gasteiger charge is -2.29. The Hall–Kier alpha value is -1.46. The van der Waals surface area contributed by atoms with Gasteiger partial charge in [-0.2, -0.15) is 0 Å². The molecule has 0 amide bonds. The molecule has 7 heteroatoms.